The van der Waals surface area contributed by atoms with E-state index in [-0.39, 0.29) is 11.8 Å². The van der Waals surface area contributed by atoms with Crippen molar-refractivity contribution in [1.29, 1.82) is 0 Å². The molecule has 2 N–H and O–H groups in total. The number of carbonyl (C=O) groups excluding carboxylic acids is 1. The van der Waals surface area contributed by atoms with Gasteiger partial charge in [-0.15, -0.1) is 15.3 Å². The number of carbonyl (C=O) groups is 1. The highest BCUT2D eigenvalue weighted by Gasteiger charge is 2.25. The topological polar surface area (TPSA) is 89.4 Å². The Kier molecular flexibility index (Phi) is 3.25. The van der Waals surface area contributed by atoms with Crippen LogP contribution < -0.4 is 10.6 Å². The van der Waals surface area contributed by atoms with Crippen molar-refractivity contribution in [2.45, 2.75) is 26.2 Å². The summed E-state index contributed by atoms with van der Waals surface area (Å²) in [5.74, 6) is 1.37. The smallest absolute Gasteiger partial charge is 0.222 e. The normalized spacial score (nSPS) is 19.4. The fourth-order valence-corrected chi connectivity index (χ4v) is 2.63. The highest BCUT2D eigenvalue weighted by atomic mass is 16.1. The van der Waals surface area contributed by atoms with Crippen LogP contribution in [0.5, 0.6) is 0 Å². The summed E-state index contributed by atoms with van der Waals surface area (Å²) in [4.78, 5) is 13.5. The third-order valence-electron chi connectivity index (χ3n) is 3.78. The molecule has 2 aromatic rings. The average Bonchev–Trinajstić information content (AvgIpc) is 2.89. The van der Waals surface area contributed by atoms with E-state index in [0.29, 0.717) is 6.54 Å². The number of hydrogen-bond donors (Lipinski definition) is 1. The van der Waals surface area contributed by atoms with Gasteiger partial charge in [0.15, 0.2) is 11.5 Å². The summed E-state index contributed by atoms with van der Waals surface area (Å²) in [5, 5.41) is 12.8. The van der Waals surface area contributed by atoms with Gasteiger partial charge in [-0.2, -0.15) is 4.52 Å². The Morgan fingerprint density at radius 1 is 1.45 bits per heavy atom. The van der Waals surface area contributed by atoms with E-state index in [1.54, 1.807) is 4.52 Å². The molecule has 0 saturated carbocycles. The molecule has 0 radical (unpaired) electrons. The van der Waals surface area contributed by atoms with Crippen molar-refractivity contribution in [3.63, 3.8) is 0 Å². The maximum absolute atomic E-state index is 11.4. The maximum Gasteiger partial charge on any atom is 0.222 e. The Balaban J connectivity index is 1.91. The molecular formula is C13H18N6O. The van der Waals surface area contributed by atoms with E-state index in [2.05, 4.69) is 20.2 Å². The minimum atomic E-state index is -0.227. The number of nitrogens with zero attached hydrogens (tertiary/aromatic N) is 5. The van der Waals surface area contributed by atoms with Crippen LogP contribution in [0.1, 0.15) is 25.6 Å². The van der Waals surface area contributed by atoms with Gasteiger partial charge in [-0.05, 0) is 25.0 Å². The lowest BCUT2D eigenvalue weighted by atomic mass is 9.97. The standard InChI is InChI=1S/C13H18N6O/c1-2-10-15-16-11-5-6-12(17-19(10)11)18-7-3-4-9(8-18)13(14)20/h5-6,9H,2-4,7-8H2,1H3,(H2,14,20). The zero-order valence-electron chi connectivity index (χ0n) is 11.5. The quantitative estimate of drug-likeness (QED) is 0.874. The SMILES string of the molecule is CCc1nnc2ccc(N3CCCC(C(N)=O)C3)nn12. The van der Waals surface area contributed by atoms with E-state index >= 15 is 0 Å². The van der Waals surface area contributed by atoms with Gasteiger partial charge in [0, 0.05) is 19.5 Å². The maximum atomic E-state index is 11.4. The van der Waals surface area contributed by atoms with E-state index in [1.807, 2.05) is 19.1 Å². The number of amides is 1. The predicted octanol–water partition coefficient (Wildman–Crippen LogP) is 0.388. The Morgan fingerprint density at radius 2 is 2.30 bits per heavy atom. The van der Waals surface area contributed by atoms with Gasteiger partial charge in [-0.3, -0.25) is 4.79 Å². The first-order valence-electron chi connectivity index (χ1n) is 6.94. The predicted molar refractivity (Wildman–Crippen MR) is 74.3 cm³/mol. The average molecular weight is 274 g/mol. The van der Waals surface area contributed by atoms with Crippen LogP contribution in [0.3, 0.4) is 0 Å². The minimum Gasteiger partial charge on any atom is -0.369 e. The molecule has 7 heteroatoms. The van der Waals surface area contributed by atoms with Crippen molar-refractivity contribution in [2.24, 2.45) is 11.7 Å². The van der Waals surface area contributed by atoms with Gasteiger partial charge in [0.25, 0.3) is 0 Å². The highest BCUT2D eigenvalue weighted by Crippen LogP contribution is 2.21. The first-order valence-corrected chi connectivity index (χ1v) is 6.94. The molecule has 106 valence electrons. The summed E-state index contributed by atoms with van der Waals surface area (Å²) >= 11 is 0. The fourth-order valence-electron chi connectivity index (χ4n) is 2.63. The molecule has 20 heavy (non-hydrogen) atoms. The van der Waals surface area contributed by atoms with Crippen molar-refractivity contribution in [3.8, 4) is 0 Å². The molecule has 1 fully saturated rings. The Morgan fingerprint density at radius 3 is 3.05 bits per heavy atom. The van der Waals surface area contributed by atoms with Crippen molar-refractivity contribution in [2.75, 3.05) is 18.0 Å². The molecule has 3 heterocycles. The molecule has 1 atom stereocenters. The van der Waals surface area contributed by atoms with Crippen molar-refractivity contribution in [3.05, 3.63) is 18.0 Å². The third-order valence-corrected chi connectivity index (χ3v) is 3.78. The number of anilines is 1. The molecule has 0 aromatic carbocycles. The molecule has 1 aliphatic rings. The number of hydrogen-bond acceptors (Lipinski definition) is 5. The largest absolute Gasteiger partial charge is 0.369 e. The Bertz CT molecular complexity index is 637. The summed E-state index contributed by atoms with van der Waals surface area (Å²) in [6.45, 7) is 3.55. The van der Waals surface area contributed by atoms with E-state index in [1.165, 1.54) is 0 Å². The zero-order valence-corrected chi connectivity index (χ0v) is 11.5. The molecule has 0 aliphatic carbocycles. The molecule has 7 nitrogen and oxygen atoms in total. The second-order valence-electron chi connectivity index (χ2n) is 5.12. The van der Waals surface area contributed by atoms with Gasteiger partial charge in [-0.1, -0.05) is 6.92 Å². The van der Waals surface area contributed by atoms with Crippen LogP contribution in [-0.4, -0.2) is 38.8 Å². The molecule has 0 spiro atoms. The van der Waals surface area contributed by atoms with E-state index in [0.717, 1.165) is 43.1 Å². The molecule has 1 saturated heterocycles. The van der Waals surface area contributed by atoms with E-state index in [4.69, 9.17) is 5.73 Å². The van der Waals surface area contributed by atoms with Crippen LogP contribution in [-0.2, 0) is 11.2 Å². The second-order valence-corrected chi connectivity index (χ2v) is 5.12. The van der Waals surface area contributed by atoms with Crippen LogP contribution in [0.4, 0.5) is 5.82 Å². The summed E-state index contributed by atoms with van der Waals surface area (Å²) in [5.41, 5.74) is 6.16. The number of piperidine rings is 1. The summed E-state index contributed by atoms with van der Waals surface area (Å²) in [7, 11) is 0. The number of fused-ring (bicyclic) bond motifs is 1. The molecule has 1 unspecified atom stereocenters. The number of rotatable bonds is 3. The lowest BCUT2D eigenvalue weighted by molar-refractivity contribution is -0.122. The zero-order chi connectivity index (χ0) is 14.1. The number of nitrogens with two attached hydrogens (primary N) is 1. The van der Waals surface area contributed by atoms with Crippen molar-refractivity contribution >= 4 is 17.4 Å². The van der Waals surface area contributed by atoms with Crippen LogP contribution in [0.2, 0.25) is 0 Å². The van der Waals surface area contributed by atoms with Crippen molar-refractivity contribution < 1.29 is 4.79 Å². The molecule has 1 aliphatic heterocycles. The third kappa shape index (κ3) is 2.19. The number of aryl methyl sites for hydroxylation is 1. The van der Waals surface area contributed by atoms with Gasteiger partial charge in [0.1, 0.15) is 5.82 Å². The summed E-state index contributed by atoms with van der Waals surface area (Å²) < 4.78 is 1.77. The minimum absolute atomic E-state index is 0.0900. The van der Waals surface area contributed by atoms with Gasteiger partial charge in [0.2, 0.25) is 5.91 Å². The van der Waals surface area contributed by atoms with Crippen molar-refractivity contribution in [1.82, 2.24) is 19.8 Å². The molecule has 1 amide bonds. The summed E-state index contributed by atoms with van der Waals surface area (Å²) in [6.07, 6.45) is 2.60. The lowest BCUT2D eigenvalue weighted by Gasteiger charge is -2.31. The summed E-state index contributed by atoms with van der Waals surface area (Å²) in [6, 6.07) is 3.83. The number of aromatic nitrogens is 4. The van der Waals surface area contributed by atoms with Gasteiger partial charge < -0.3 is 10.6 Å². The van der Waals surface area contributed by atoms with Crippen LogP contribution in [0.25, 0.3) is 5.65 Å². The van der Waals surface area contributed by atoms with Crippen LogP contribution in [0.15, 0.2) is 12.1 Å². The highest BCUT2D eigenvalue weighted by molar-refractivity contribution is 5.77. The van der Waals surface area contributed by atoms with Gasteiger partial charge >= 0.3 is 0 Å². The molecule has 3 rings (SSSR count). The van der Waals surface area contributed by atoms with Gasteiger partial charge in [-0.25, -0.2) is 0 Å². The van der Waals surface area contributed by atoms with E-state index < -0.39 is 0 Å². The van der Waals surface area contributed by atoms with Gasteiger partial charge in [0.05, 0.1) is 5.92 Å². The molecule has 2 aromatic heterocycles. The second kappa shape index (κ2) is 5.07. The van der Waals surface area contributed by atoms with E-state index in [9.17, 15) is 4.79 Å². The fraction of sp³-hybridized carbons (Fsp3) is 0.538. The van der Waals surface area contributed by atoms with Crippen LogP contribution in [0, 0.1) is 5.92 Å². The Labute approximate surface area is 116 Å². The number of primary amides is 1. The lowest BCUT2D eigenvalue weighted by Crippen LogP contribution is -2.41. The van der Waals surface area contributed by atoms with Crippen LogP contribution >= 0.6 is 0 Å². The first kappa shape index (κ1) is 12.8. The molecule has 0 bridgehead atoms. The molecular weight excluding hydrogens is 256 g/mol. The Hall–Kier alpha value is -2.18. The monoisotopic (exact) mass is 274 g/mol. The first-order chi connectivity index (χ1) is 9.69.